The number of benzene rings is 13. The second-order valence-electron chi connectivity index (χ2n) is 22.4. The van der Waals surface area contributed by atoms with Crippen molar-refractivity contribution >= 4 is 120 Å². The van der Waals surface area contributed by atoms with Crippen molar-refractivity contribution in [2.24, 2.45) is 0 Å². The van der Waals surface area contributed by atoms with E-state index in [1.54, 1.807) is 0 Å². The quantitative estimate of drug-likeness (QED) is 0.161. The molecule has 13 aromatic carbocycles. The Kier molecular flexibility index (Phi) is 10.6. The summed E-state index contributed by atoms with van der Waals surface area (Å²) < 4.78 is 16.6. The van der Waals surface area contributed by atoms with Gasteiger partial charge >= 0.3 is 0 Å². The summed E-state index contributed by atoms with van der Waals surface area (Å²) in [5.74, 6) is 0. The molecule has 86 heavy (non-hydrogen) atoms. The number of nitrogens with zero attached hydrogens (tertiary/aromatic N) is 4. The molecule has 0 radical (unpaired) electrons. The van der Waals surface area contributed by atoms with Gasteiger partial charge in [-0.25, -0.2) is 9.97 Å². The van der Waals surface area contributed by atoms with Gasteiger partial charge in [0.2, 0.25) is 0 Å². The Morgan fingerprint density at radius 3 is 0.988 bits per heavy atom. The summed E-state index contributed by atoms with van der Waals surface area (Å²) in [5.41, 5.74) is 21.7. The van der Waals surface area contributed by atoms with E-state index < -0.39 is 0 Å². The lowest BCUT2D eigenvalue weighted by molar-refractivity contribution is 0.668. The maximum absolute atomic E-state index is 6.08. The number of furan rings is 2. The maximum atomic E-state index is 6.08. The van der Waals surface area contributed by atoms with Gasteiger partial charge < -0.3 is 8.83 Å². The van der Waals surface area contributed by atoms with Crippen LogP contribution in [-0.4, -0.2) is 18.8 Å². The average molecular weight is 1100 g/mol. The minimum absolute atomic E-state index is 0.905. The third kappa shape index (κ3) is 7.60. The van der Waals surface area contributed by atoms with E-state index in [4.69, 9.17) is 18.8 Å². The second kappa shape index (κ2) is 19.0. The Bertz CT molecular complexity index is 5950. The molecule has 6 aromatic heterocycles. The van der Waals surface area contributed by atoms with Crippen LogP contribution in [0.5, 0.6) is 0 Å². The van der Waals surface area contributed by atoms with Crippen LogP contribution in [0.25, 0.3) is 176 Å². The van der Waals surface area contributed by atoms with Gasteiger partial charge in [0, 0.05) is 55.5 Å². The highest BCUT2D eigenvalue weighted by molar-refractivity contribution is 6.26. The van der Waals surface area contributed by atoms with Gasteiger partial charge in [0.15, 0.2) is 0 Å². The number of hydrogen-bond donors (Lipinski definition) is 0. The molecule has 0 bridgehead atoms. The number of pyridine rings is 2. The predicted octanol–water partition coefficient (Wildman–Crippen LogP) is 21.7. The smallest absolute Gasteiger partial charge is 0.138 e. The first-order chi connectivity index (χ1) is 42.6. The third-order valence-corrected chi connectivity index (χ3v) is 17.6. The van der Waals surface area contributed by atoms with Gasteiger partial charge in [-0.1, -0.05) is 206 Å². The van der Waals surface area contributed by atoms with Crippen molar-refractivity contribution < 1.29 is 8.83 Å². The zero-order valence-electron chi connectivity index (χ0n) is 46.3. The summed E-state index contributed by atoms with van der Waals surface area (Å²) in [6, 6.07) is 99.0. The van der Waals surface area contributed by atoms with Crippen LogP contribution < -0.4 is 0 Å². The van der Waals surface area contributed by atoms with Crippen molar-refractivity contribution in [1.82, 2.24) is 18.8 Å². The molecule has 0 aliphatic rings. The van der Waals surface area contributed by atoms with E-state index in [0.29, 0.717) is 0 Å². The minimum Gasteiger partial charge on any atom is -0.456 e. The van der Waals surface area contributed by atoms with Crippen LogP contribution in [0.15, 0.2) is 300 Å². The number of fused-ring (bicyclic) bond motifs is 22. The van der Waals surface area contributed by atoms with E-state index in [0.717, 1.165) is 105 Å². The molecular weight excluding hydrogens is 1050 g/mol. The van der Waals surface area contributed by atoms with Crippen LogP contribution in [0.4, 0.5) is 0 Å². The summed E-state index contributed by atoms with van der Waals surface area (Å²) in [6.07, 6.45) is 4.33. The number of aromatic nitrogens is 4. The zero-order valence-corrected chi connectivity index (χ0v) is 46.3. The summed E-state index contributed by atoms with van der Waals surface area (Å²) in [4.78, 5) is 10.5. The van der Waals surface area contributed by atoms with Crippen LogP contribution in [0.3, 0.4) is 0 Å². The summed E-state index contributed by atoms with van der Waals surface area (Å²) in [5, 5.41) is 14.2. The van der Waals surface area contributed by atoms with E-state index >= 15 is 0 Å². The number of imidazole rings is 2. The minimum atomic E-state index is 0.905. The van der Waals surface area contributed by atoms with E-state index in [1.807, 2.05) is 24.3 Å². The molecule has 0 N–H and O–H groups in total. The first-order valence-electron chi connectivity index (χ1n) is 29.2. The molecule has 0 amide bonds. The van der Waals surface area contributed by atoms with Gasteiger partial charge in [-0.3, -0.25) is 8.80 Å². The number of rotatable bonds is 5. The predicted molar refractivity (Wildman–Crippen MR) is 357 cm³/mol. The molecule has 0 aliphatic heterocycles. The van der Waals surface area contributed by atoms with Crippen LogP contribution in [0.2, 0.25) is 0 Å². The molecule has 6 heterocycles. The Labute approximate surface area is 492 Å². The molecule has 0 saturated heterocycles. The summed E-state index contributed by atoms with van der Waals surface area (Å²) in [7, 11) is 0. The molecule has 0 saturated carbocycles. The molecule has 0 unspecified atom stereocenters. The Morgan fingerprint density at radius 2 is 0.523 bits per heavy atom. The van der Waals surface area contributed by atoms with Gasteiger partial charge in [-0.2, -0.15) is 0 Å². The van der Waals surface area contributed by atoms with E-state index in [-0.39, 0.29) is 0 Å². The SMILES string of the molecule is c1ccc(-c2ccc(-c3ccc4c(c3)c3ccccc3c3nc5cc(-c6ccc7oc8ccccc8c7c6)ccn5c43)cc2)cc1.c1ccc(-c2ccc3c(c2)c2ccccc2c2nc4cc(-c5ccc6oc7ccccc7c6c5)ccn4c32)cc1. The fraction of sp³-hybridized carbons (Fsp3) is 0. The van der Waals surface area contributed by atoms with Gasteiger partial charge in [0.05, 0.1) is 22.1 Å². The molecule has 0 spiro atoms. The molecule has 19 rings (SSSR count). The highest BCUT2D eigenvalue weighted by atomic mass is 16.3. The van der Waals surface area contributed by atoms with E-state index in [1.165, 1.54) is 71.1 Å². The van der Waals surface area contributed by atoms with Gasteiger partial charge in [-0.15, -0.1) is 0 Å². The standard InChI is InChI=1S/C43H26N2O.C37H22N2O/c1-2-8-27(9-3-1)28-14-16-29(17-15-28)30-18-20-36-37(24-30)33-10-4-5-12-35(33)42-43(36)45-23-22-32(26-41(45)44-42)31-19-21-40-38(25-31)34-11-6-7-13-39(34)46-40;1-2-8-23(9-3-1)24-14-16-30-31(20-24)27-10-4-5-12-29(27)36-37(30)39-19-18-26(22-35(39)38-36)25-15-17-34-32(21-25)28-11-6-7-13-33(28)40-34/h1-26H;1-22H. The molecular formula is C80H48N4O2. The summed E-state index contributed by atoms with van der Waals surface area (Å²) in [6.45, 7) is 0. The zero-order chi connectivity index (χ0) is 56.4. The fourth-order valence-corrected chi connectivity index (χ4v) is 13.4. The first-order valence-corrected chi connectivity index (χ1v) is 29.2. The van der Waals surface area contributed by atoms with Crippen molar-refractivity contribution in [3.8, 4) is 55.6 Å². The van der Waals surface area contributed by atoms with Gasteiger partial charge in [0.25, 0.3) is 0 Å². The topological polar surface area (TPSA) is 60.9 Å². The largest absolute Gasteiger partial charge is 0.456 e. The van der Waals surface area contributed by atoms with Crippen molar-refractivity contribution in [3.63, 3.8) is 0 Å². The van der Waals surface area contributed by atoms with Crippen LogP contribution in [0, 0.1) is 0 Å². The lowest BCUT2D eigenvalue weighted by Crippen LogP contribution is -1.88. The molecule has 0 atom stereocenters. The Morgan fingerprint density at radius 1 is 0.209 bits per heavy atom. The lowest BCUT2D eigenvalue weighted by Gasteiger charge is -2.11. The molecule has 0 aliphatic carbocycles. The Hall–Kier alpha value is -11.6. The van der Waals surface area contributed by atoms with Crippen molar-refractivity contribution in [3.05, 3.63) is 291 Å². The number of para-hydroxylation sites is 2. The molecule has 6 heteroatoms. The maximum Gasteiger partial charge on any atom is 0.138 e. The van der Waals surface area contributed by atoms with Gasteiger partial charge in [0.1, 0.15) is 33.6 Å². The average Bonchev–Trinajstić information content (AvgIpc) is 1.86. The highest BCUT2D eigenvalue weighted by Crippen LogP contribution is 2.42. The monoisotopic (exact) mass is 1100 g/mol. The van der Waals surface area contributed by atoms with Crippen LogP contribution in [0.1, 0.15) is 0 Å². The van der Waals surface area contributed by atoms with Gasteiger partial charge in [-0.05, 0) is 150 Å². The normalized spacial score (nSPS) is 12.0. The van der Waals surface area contributed by atoms with E-state index in [9.17, 15) is 0 Å². The van der Waals surface area contributed by atoms with Crippen LogP contribution >= 0.6 is 0 Å². The van der Waals surface area contributed by atoms with E-state index in [2.05, 4.69) is 276 Å². The third-order valence-electron chi connectivity index (χ3n) is 17.6. The molecule has 19 aromatic rings. The second-order valence-corrected chi connectivity index (χ2v) is 22.4. The van der Waals surface area contributed by atoms with Crippen molar-refractivity contribution in [2.75, 3.05) is 0 Å². The molecule has 6 nitrogen and oxygen atoms in total. The van der Waals surface area contributed by atoms with Crippen molar-refractivity contribution in [1.29, 1.82) is 0 Å². The lowest BCUT2D eigenvalue weighted by atomic mass is 9.95. The fourth-order valence-electron chi connectivity index (χ4n) is 13.4. The van der Waals surface area contributed by atoms with Crippen LogP contribution in [-0.2, 0) is 0 Å². The Balaban J connectivity index is 0.000000131. The van der Waals surface area contributed by atoms with Crippen molar-refractivity contribution in [2.45, 2.75) is 0 Å². The molecule has 0 fully saturated rings. The summed E-state index contributed by atoms with van der Waals surface area (Å²) >= 11 is 0. The number of hydrogen-bond acceptors (Lipinski definition) is 4. The first kappa shape index (κ1) is 48.0. The highest BCUT2D eigenvalue weighted by Gasteiger charge is 2.19. The molecule has 400 valence electrons.